The van der Waals surface area contributed by atoms with E-state index in [-0.39, 0.29) is 60.8 Å². The molecule has 36 heavy (non-hydrogen) atoms. The Kier molecular flexibility index (Phi) is 5.27. The molecular weight excluding hydrogens is 479 g/mol. The van der Waals surface area contributed by atoms with Crippen molar-refractivity contribution < 1.29 is 37.0 Å². The van der Waals surface area contributed by atoms with E-state index in [1.54, 1.807) is 17.2 Å². The van der Waals surface area contributed by atoms with Crippen molar-refractivity contribution in [1.82, 2.24) is 9.88 Å². The van der Waals surface area contributed by atoms with Gasteiger partial charge in [0.25, 0.3) is 11.8 Å². The van der Waals surface area contributed by atoms with Gasteiger partial charge < -0.3 is 24.4 Å². The lowest BCUT2D eigenvalue weighted by molar-refractivity contribution is -0.116. The SMILES string of the molecule is Cc1cc2c(c(OCC3CC3(F)F)c1F)C(=O)N1C[C@@H](Oc3cc4c(cn3)CCC(=O)N4)C[C@@H]1CO2. The van der Waals surface area contributed by atoms with Crippen molar-refractivity contribution in [1.29, 1.82) is 0 Å². The number of amides is 2. The van der Waals surface area contributed by atoms with E-state index < -0.39 is 29.7 Å². The number of pyridine rings is 1. The number of halogens is 3. The molecule has 4 aliphatic rings. The van der Waals surface area contributed by atoms with E-state index in [1.165, 1.54) is 13.0 Å². The average Bonchev–Trinajstić information content (AvgIpc) is 3.29. The number of alkyl halides is 2. The molecule has 1 aromatic carbocycles. The van der Waals surface area contributed by atoms with Gasteiger partial charge in [0.2, 0.25) is 11.8 Å². The maximum Gasteiger partial charge on any atom is 0.262 e. The van der Waals surface area contributed by atoms with Crippen molar-refractivity contribution >= 4 is 17.5 Å². The number of nitrogens with zero attached hydrogens (tertiary/aromatic N) is 2. The van der Waals surface area contributed by atoms with Gasteiger partial charge >= 0.3 is 0 Å². The molecule has 1 N–H and O–H groups in total. The Morgan fingerprint density at radius 2 is 2.08 bits per heavy atom. The highest BCUT2D eigenvalue weighted by atomic mass is 19.3. The molecule has 11 heteroatoms. The zero-order valence-corrected chi connectivity index (χ0v) is 19.5. The summed E-state index contributed by atoms with van der Waals surface area (Å²) in [7, 11) is 0. The van der Waals surface area contributed by atoms with Crippen LogP contribution in [0.3, 0.4) is 0 Å². The van der Waals surface area contributed by atoms with Crippen LogP contribution >= 0.6 is 0 Å². The number of hydrogen-bond donors (Lipinski definition) is 1. The summed E-state index contributed by atoms with van der Waals surface area (Å²) in [6.07, 6.45) is 2.42. The fourth-order valence-corrected chi connectivity index (χ4v) is 4.99. The molecule has 0 radical (unpaired) electrons. The third-order valence-electron chi connectivity index (χ3n) is 7.18. The second-order valence-corrected chi connectivity index (χ2v) is 9.81. The van der Waals surface area contributed by atoms with Crippen LogP contribution in [0.4, 0.5) is 18.9 Å². The molecule has 2 amide bonds. The van der Waals surface area contributed by atoms with Gasteiger partial charge in [0.05, 0.1) is 30.8 Å². The number of nitrogens with one attached hydrogen (secondary N) is 1. The van der Waals surface area contributed by atoms with Gasteiger partial charge in [-0.05, 0) is 30.5 Å². The van der Waals surface area contributed by atoms with Gasteiger partial charge in [-0.3, -0.25) is 9.59 Å². The number of hydrogen-bond acceptors (Lipinski definition) is 6. The molecule has 3 aliphatic heterocycles. The first-order valence-electron chi connectivity index (χ1n) is 11.9. The lowest BCUT2D eigenvalue weighted by atomic mass is 10.1. The Balaban J connectivity index is 1.22. The van der Waals surface area contributed by atoms with Crippen molar-refractivity contribution in [2.45, 2.75) is 50.7 Å². The number of ether oxygens (including phenoxy) is 3. The van der Waals surface area contributed by atoms with E-state index in [0.717, 1.165) is 5.56 Å². The Morgan fingerprint density at radius 1 is 1.28 bits per heavy atom. The number of aryl methyl sites for hydroxylation is 2. The molecule has 1 saturated heterocycles. The Morgan fingerprint density at radius 3 is 2.86 bits per heavy atom. The standard InChI is InChI=1S/C25H24F3N3O5/c1-12-4-18-21(23(22(12)26)35-10-14-7-25(14,27)28)24(33)31-9-16(5-15(31)11-34-18)36-20-6-17-13(8-29-20)2-3-19(32)30-17/h4,6,8,14-16H,2-3,5,7,9-11H2,1H3,(H,30,32)/t14?,15-,16+/m1/s1. The van der Waals surface area contributed by atoms with Gasteiger partial charge in [0.15, 0.2) is 11.6 Å². The fourth-order valence-electron chi connectivity index (χ4n) is 4.99. The second kappa shape index (κ2) is 8.28. The van der Waals surface area contributed by atoms with Crippen molar-refractivity contribution in [3.8, 4) is 17.4 Å². The molecule has 1 aromatic heterocycles. The zero-order chi connectivity index (χ0) is 25.2. The zero-order valence-electron chi connectivity index (χ0n) is 19.5. The molecule has 8 nitrogen and oxygen atoms in total. The highest BCUT2D eigenvalue weighted by molar-refractivity contribution is 6.00. The molecule has 2 aromatic rings. The summed E-state index contributed by atoms with van der Waals surface area (Å²) in [5.74, 6) is -5.01. The number of aromatic nitrogens is 1. The van der Waals surface area contributed by atoms with Crippen molar-refractivity contribution in [3.63, 3.8) is 0 Å². The first-order chi connectivity index (χ1) is 17.2. The van der Waals surface area contributed by atoms with Crippen LogP contribution in [0.25, 0.3) is 0 Å². The topological polar surface area (TPSA) is 90.0 Å². The number of carbonyl (C=O) groups excluding carboxylic acids is 2. The van der Waals surface area contributed by atoms with Gasteiger partial charge in [-0.25, -0.2) is 18.2 Å². The monoisotopic (exact) mass is 503 g/mol. The van der Waals surface area contributed by atoms with Gasteiger partial charge in [0, 0.05) is 31.5 Å². The van der Waals surface area contributed by atoms with Gasteiger partial charge in [-0.2, -0.15) is 0 Å². The molecule has 3 atom stereocenters. The van der Waals surface area contributed by atoms with Crippen LogP contribution in [0.1, 0.15) is 40.7 Å². The summed E-state index contributed by atoms with van der Waals surface area (Å²) in [4.78, 5) is 31.1. The minimum Gasteiger partial charge on any atom is -0.490 e. The normalized spacial score (nSPS) is 25.7. The molecular formula is C25H24F3N3O5. The quantitative estimate of drug-likeness (QED) is 0.672. The van der Waals surface area contributed by atoms with Crippen LogP contribution in [0.2, 0.25) is 0 Å². The van der Waals surface area contributed by atoms with Gasteiger partial charge in [-0.1, -0.05) is 0 Å². The Hall–Kier alpha value is -3.50. The van der Waals surface area contributed by atoms with Crippen LogP contribution < -0.4 is 19.5 Å². The van der Waals surface area contributed by atoms with Crippen molar-refractivity contribution in [3.05, 3.63) is 40.8 Å². The van der Waals surface area contributed by atoms with Crippen LogP contribution in [-0.2, 0) is 11.2 Å². The summed E-state index contributed by atoms with van der Waals surface area (Å²) in [5, 5.41) is 2.81. The molecule has 1 saturated carbocycles. The van der Waals surface area contributed by atoms with E-state index in [9.17, 15) is 18.4 Å². The van der Waals surface area contributed by atoms with Crippen molar-refractivity contribution in [2.75, 3.05) is 25.1 Å². The smallest absolute Gasteiger partial charge is 0.262 e. The number of rotatable bonds is 5. The second-order valence-electron chi connectivity index (χ2n) is 9.81. The summed E-state index contributed by atoms with van der Waals surface area (Å²) >= 11 is 0. The van der Waals surface area contributed by atoms with E-state index in [1.807, 2.05) is 0 Å². The Bertz CT molecular complexity index is 1270. The molecule has 0 spiro atoms. The van der Waals surface area contributed by atoms with Gasteiger partial charge in [-0.15, -0.1) is 0 Å². The number of anilines is 1. The molecule has 0 bridgehead atoms. The average molecular weight is 503 g/mol. The molecule has 4 heterocycles. The number of carbonyl (C=O) groups is 2. The Labute approximate surface area is 204 Å². The highest BCUT2D eigenvalue weighted by Crippen LogP contribution is 2.49. The fraction of sp³-hybridized carbons (Fsp3) is 0.480. The summed E-state index contributed by atoms with van der Waals surface area (Å²) < 4.78 is 59.1. The van der Waals surface area contributed by atoms with Crippen LogP contribution in [0.5, 0.6) is 17.4 Å². The predicted molar refractivity (Wildman–Crippen MR) is 120 cm³/mol. The van der Waals surface area contributed by atoms with Crippen LogP contribution in [0.15, 0.2) is 18.3 Å². The highest BCUT2D eigenvalue weighted by Gasteiger charge is 2.57. The van der Waals surface area contributed by atoms with E-state index in [0.29, 0.717) is 30.8 Å². The molecule has 6 rings (SSSR count). The molecule has 1 aliphatic carbocycles. The lowest BCUT2D eigenvalue weighted by Gasteiger charge is -2.21. The number of fused-ring (bicyclic) bond motifs is 3. The largest absolute Gasteiger partial charge is 0.490 e. The summed E-state index contributed by atoms with van der Waals surface area (Å²) in [6, 6.07) is 2.76. The minimum absolute atomic E-state index is 0.0683. The number of benzene rings is 1. The summed E-state index contributed by atoms with van der Waals surface area (Å²) in [6.45, 7) is 1.49. The van der Waals surface area contributed by atoms with Crippen LogP contribution in [0, 0.1) is 18.7 Å². The maximum absolute atomic E-state index is 15.0. The predicted octanol–water partition coefficient (Wildman–Crippen LogP) is 3.50. The third kappa shape index (κ3) is 4.00. The van der Waals surface area contributed by atoms with E-state index >= 15 is 4.39 Å². The van der Waals surface area contributed by atoms with E-state index in [4.69, 9.17) is 14.2 Å². The maximum atomic E-state index is 15.0. The first kappa shape index (κ1) is 22.9. The minimum atomic E-state index is -2.82. The molecule has 1 unspecified atom stereocenters. The van der Waals surface area contributed by atoms with Crippen molar-refractivity contribution in [2.24, 2.45) is 5.92 Å². The lowest BCUT2D eigenvalue weighted by Crippen LogP contribution is -2.37. The van der Waals surface area contributed by atoms with Crippen LogP contribution in [-0.4, -0.2) is 59.5 Å². The van der Waals surface area contributed by atoms with E-state index in [2.05, 4.69) is 10.3 Å². The molecule has 2 fully saturated rings. The summed E-state index contributed by atoms with van der Waals surface area (Å²) in [5.41, 5.74) is 1.69. The third-order valence-corrected chi connectivity index (χ3v) is 7.18. The first-order valence-corrected chi connectivity index (χ1v) is 11.9. The molecule has 190 valence electrons. The van der Waals surface area contributed by atoms with Gasteiger partial charge in [0.1, 0.15) is 24.0 Å².